The average molecular weight is 418 g/mol. The second-order valence-corrected chi connectivity index (χ2v) is 7.01. The van der Waals surface area contributed by atoms with E-state index in [1.165, 1.54) is 6.33 Å². The molecule has 2 heterocycles. The van der Waals surface area contributed by atoms with Gasteiger partial charge in [0.2, 0.25) is 0 Å². The van der Waals surface area contributed by atoms with Crippen molar-refractivity contribution in [1.82, 2.24) is 19.4 Å². The molecule has 10 heteroatoms. The fourth-order valence-electron chi connectivity index (χ4n) is 3.36. The summed E-state index contributed by atoms with van der Waals surface area (Å²) in [6, 6.07) is 13.6. The van der Waals surface area contributed by atoms with Crippen LogP contribution in [-0.2, 0) is 6.54 Å². The highest BCUT2D eigenvalue weighted by molar-refractivity contribution is 6.00. The number of rotatable bonds is 5. The van der Waals surface area contributed by atoms with Gasteiger partial charge in [0, 0.05) is 5.56 Å². The first-order chi connectivity index (χ1) is 14.8. The SMILES string of the molecule is Cc1nn(Cc2ccc(C(=O)Nn3cnc4ccccc4c3=O)cc2)c(C)c1[N+](=O)[O-]. The third-order valence-electron chi connectivity index (χ3n) is 4.96. The average Bonchev–Trinajstić information content (AvgIpc) is 3.03. The van der Waals surface area contributed by atoms with Crippen LogP contribution >= 0.6 is 0 Å². The Morgan fingerprint density at radius 1 is 1.13 bits per heavy atom. The molecule has 1 amide bonds. The molecule has 0 aliphatic heterocycles. The zero-order valence-corrected chi connectivity index (χ0v) is 16.8. The number of carbonyl (C=O) groups is 1. The third kappa shape index (κ3) is 3.78. The molecule has 2 aromatic heterocycles. The number of carbonyl (C=O) groups excluding carboxylic acids is 1. The number of fused-ring (bicyclic) bond motifs is 1. The summed E-state index contributed by atoms with van der Waals surface area (Å²) in [6.45, 7) is 3.57. The number of nitrogens with one attached hydrogen (secondary N) is 1. The molecule has 2 aromatic carbocycles. The van der Waals surface area contributed by atoms with Crippen LogP contribution in [0.4, 0.5) is 5.69 Å². The maximum atomic E-state index is 12.6. The number of nitro groups is 1. The standard InChI is InChI=1S/C21H18N6O4/c1-13-19(27(30)31)14(2)25(23-13)11-15-7-9-16(10-8-15)20(28)24-26-12-22-18-6-4-3-5-17(18)21(26)29/h3-10,12H,11H2,1-2H3,(H,24,28). The molecule has 31 heavy (non-hydrogen) atoms. The van der Waals surface area contributed by atoms with Crippen molar-refractivity contribution in [2.45, 2.75) is 20.4 Å². The van der Waals surface area contributed by atoms with Crippen molar-refractivity contribution in [3.8, 4) is 0 Å². The summed E-state index contributed by atoms with van der Waals surface area (Å²) in [5, 5.41) is 15.8. The summed E-state index contributed by atoms with van der Waals surface area (Å²) in [5.74, 6) is -0.465. The number of aryl methyl sites for hydroxylation is 1. The van der Waals surface area contributed by atoms with Crippen LogP contribution in [0.25, 0.3) is 10.9 Å². The lowest BCUT2D eigenvalue weighted by Crippen LogP contribution is -2.33. The Balaban J connectivity index is 1.52. The quantitative estimate of drug-likeness (QED) is 0.392. The molecule has 10 nitrogen and oxygen atoms in total. The van der Waals surface area contributed by atoms with Crippen LogP contribution in [0.1, 0.15) is 27.3 Å². The molecule has 0 saturated carbocycles. The van der Waals surface area contributed by atoms with Gasteiger partial charge in [0.05, 0.1) is 22.4 Å². The fraction of sp³-hybridized carbons (Fsp3) is 0.143. The third-order valence-corrected chi connectivity index (χ3v) is 4.96. The minimum absolute atomic E-state index is 0.00503. The van der Waals surface area contributed by atoms with Gasteiger partial charge >= 0.3 is 5.69 Å². The van der Waals surface area contributed by atoms with Gasteiger partial charge in [-0.25, -0.2) is 9.66 Å². The normalized spacial score (nSPS) is 10.9. The Kier molecular flexibility index (Phi) is 5.04. The molecule has 4 rings (SSSR count). The summed E-state index contributed by atoms with van der Waals surface area (Å²) in [6.07, 6.45) is 1.27. The van der Waals surface area contributed by atoms with E-state index in [9.17, 15) is 19.7 Å². The predicted molar refractivity (Wildman–Crippen MR) is 114 cm³/mol. The Bertz CT molecular complexity index is 1370. The Hall–Kier alpha value is -4.34. The van der Waals surface area contributed by atoms with Gasteiger partial charge in [-0.3, -0.25) is 29.8 Å². The Labute approximate surface area is 175 Å². The number of hydrogen-bond acceptors (Lipinski definition) is 6. The first kappa shape index (κ1) is 20.0. The molecule has 0 radical (unpaired) electrons. The molecular weight excluding hydrogens is 400 g/mol. The highest BCUT2D eigenvalue weighted by atomic mass is 16.6. The lowest BCUT2D eigenvalue weighted by atomic mass is 10.1. The molecule has 0 aliphatic rings. The van der Waals surface area contributed by atoms with E-state index in [0.29, 0.717) is 34.4 Å². The maximum absolute atomic E-state index is 12.6. The van der Waals surface area contributed by atoms with Crippen LogP contribution in [0.15, 0.2) is 59.7 Å². The van der Waals surface area contributed by atoms with Gasteiger partial charge in [-0.05, 0) is 43.7 Å². The molecule has 0 atom stereocenters. The van der Waals surface area contributed by atoms with Crippen molar-refractivity contribution < 1.29 is 9.72 Å². The Morgan fingerprint density at radius 3 is 2.52 bits per heavy atom. The summed E-state index contributed by atoms with van der Waals surface area (Å²) in [5.41, 5.74) is 4.70. The Morgan fingerprint density at radius 2 is 1.84 bits per heavy atom. The van der Waals surface area contributed by atoms with Crippen molar-refractivity contribution in [2.24, 2.45) is 0 Å². The molecule has 0 bridgehead atoms. The van der Waals surface area contributed by atoms with Gasteiger partial charge in [-0.15, -0.1) is 0 Å². The highest BCUT2D eigenvalue weighted by Crippen LogP contribution is 2.22. The molecule has 0 aliphatic carbocycles. The number of benzene rings is 2. The van der Waals surface area contributed by atoms with Crippen LogP contribution in [0.2, 0.25) is 0 Å². The minimum Gasteiger partial charge on any atom is -0.267 e. The van der Waals surface area contributed by atoms with Gasteiger partial charge < -0.3 is 0 Å². The van der Waals surface area contributed by atoms with E-state index in [2.05, 4.69) is 15.5 Å². The molecule has 0 unspecified atom stereocenters. The second-order valence-electron chi connectivity index (χ2n) is 7.01. The molecule has 1 N–H and O–H groups in total. The molecule has 156 valence electrons. The summed E-state index contributed by atoms with van der Waals surface area (Å²) >= 11 is 0. The van der Waals surface area contributed by atoms with E-state index in [4.69, 9.17) is 0 Å². The number of nitrogens with zero attached hydrogens (tertiary/aromatic N) is 5. The van der Waals surface area contributed by atoms with E-state index in [-0.39, 0.29) is 11.2 Å². The van der Waals surface area contributed by atoms with E-state index >= 15 is 0 Å². The first-order valence-electron chi connectivity index (χ1n) is 9.40. The van der Waals surface area contributed by atoms with Gasteiger partial charge in [0.1, 0.15) is 17.7 Å². The molecule has 0 saturated heterocycles. The van der Waals surface area contributed by atoms with Crippen LogP contribution in [0.5, 0.6) is 0 Å². The number of amides is 1. The van der Waals surface area contributed by atoms with E-state index in [0.717, 1.165) is 10.2 Å². The van der Waals surface area contributed by atoms with E-state index in [1.807, 2.05) is 0 Å². The summed E-state index contributed by atoms with van der Waals surface area (Å²) in [7, 11) is 0. The topological polar surface area (TPSA) is 125 Å². The van der Waals surface area contributed by atoms with Crippen LogP contribution < -0.4 is 11.0 Å². The zero-order chi connectivity index (χ0) is 22.1. The summed E-state index contributed by atoms with van der Waals surface area (Å²) in [4.78, 5) is 40.0. The van der Waals surface area contributed by atoms with Crippen molar-refractivity contribution in [3.63, 3.8) is 0 Å². The molecule has 0 spiro atoms. The van der Waals surface area contributed by atoms with Gasteiger partial charge in [-0.2, -0.15) is 5.10 Å². The fourth-order valence-corrected chi connectivity index (χ4v) is 3.36. The molecule has 0 fully saturated rings. The monoisotopic (exact) mass is 418 g/mol. The smallest absolute Gasteiger partial charge is 0.267 e. The predicted octanol–water partition coefficient (Wildman–Crippen LogP) is 2.55. The van der Waals surface area contributed by atoms with Crippen LogP contribution in [0, 0.1) is 24.0 Å². The number of aromatic nitrogens is 4. The van der Waals surface area contributed by atoms with Crippen molar-refractivity contribution in [2.75, 3.05) is 5.43 Å². The summed E-state index contributed by atoms with van der Waals surface area (Å²) < 4.78 is 2.61. The van der Waals surface area contributed by atoms with Crippen LogP contribution in [-0.4, -0.2) is 30.3 Å². The maximum Gasteiger partial charge on any atom is 0.312 e. The van der Waals surface area contributed by atoms with Crippen molar-refractivity contribution in [3.05, 3.63) is 97.8 Å². The molecular formula is C21H18N6O4. The largest absolute Gasteiger partial charge is 0.312 e. The van der Waals surface area contributed by atoms with Gasteiger partial charge in [0.15, 0.2) is 0 Å². The number of hydrogen-bond donors (Lipinski definition) is 1. The zero-order valence-electron chi connectivity index (χ0n) is 16.8. The lowest BCUT2D eigenvalue weighted by molar-refractivity contribution is -0.386. The molecule has 4 aromatic rings. The van der Waals surface area contributed by atoms with E-state index in [1.54, 1.807) is 67.1 Å². The minimum atomic E-state index is -0.465. The van der Waals surface area contributed by atoms with Gasteiger partial charge in [-0.1, -0.05) is 24.3 Å². The number of para-hydroxylation sites is 1. The lowest BCUT2D eigenvalue weighted by Gasteiger charge is -2.09. The van der Waals surface area contributed by atoms with Crippen LogP contribution in [0.3, 0.4) is 0 Å². The van der Waals surface area contributed by atoms with E-state index < -0.39 is 10.8 Å². The second kappa shape index (κ2) is 7.82. The first-order valence-corrected chi connectivity index (χ1v) is 9.40. The highest BCUT2D eigenvalue weighted by Gasteiger charge is 2.21. The van der Waals surface area contributed by atoms with Gasteiger partial charge in [0.25, 0.3) is 11.5 Å². The van der Waals surface area contributed by atoms with Crippen molar-refractivity contribution in [1.29, 1.82) is 0 Å². The van der Waals surface area contributed by atoms with Crippen molar-refractivity contribution >= 4 is 22.5 Å².